The second kappa shape index (κ2) is 15.3. The van der Waals surface area contributed by atoms with Crippen molar-refractivity contribution in [1.29, 1.82) is 5.26 Å². The molecule has 1 aromatic heterocycles. The zero-order valence-electron chi connectivity index (χ0n) is 24.9. The summed E-state index contributed by atoms with van der Waals surface area (Å²) in [4.78, 5) is 54.5. The van der Waals surface area contributed by atoms with Gasteiger partial charge in [0.05, 0.1) is 17.9 Å². The minimum absolute atomic E-state index is 0.0295. The summed E-state index contributed by atoms with van der Waals surface area (Å²) >= 11 is 15.0. The molecule has 0 saturated carbocycles. The lowest BCUT2D eigenvalue weighted by molar-refractivity contribution is -0.129. The van der Waals surface area contributed by atoms with Crippen molar-refractivity contribution in [2.75, 3.05) is 22.9 Å². The third kappa shape index (κ3) is 8.61. The van der Waals surface area contributed by atoms with Crippen LogP contribution in [0.2, 0.25) is 10.0 Å². The molecule has 0 fully saturated rings. The molecule has 0 unspecified atom stereocenters. The van der Waals surface area contributed by atoms with Gasteiger partial charge in [-0.1, -0.05) is 53.5 Å². The van der Waals surface area contributed by atoms with Crippen LogP contribution in [0.5, 0.6) is 0 Å². The fourth-order valence-corrected chi connectivity index (χ4v) is 7.22. The first-order valence-electron chi connectivity index (χ1n) is 14.3. The summed E-state index contributed by atoms with van der Waals surface area (Å²) in [5.74, 6) is -1.34. The molecule has 9 nitrogen and oxygen atoms in total. The van der Waals surface area contributed by atoms with E-state index in [0.29, 0.717) is 61.8 Å². The van der Waals surface area contributed by atoms with Crippen molar-refractivity contribution in [2.24, 2.45) is 0 Å². The normalized spacial score (nSPS) is 12.5. The Labute approximate surface area is 289 Å². The van der Waals surface area contributed by atoms with Crippen LogP contribution in [0.15, 0.2) is 83.4 Å². The Kier molecular flexibility index (Phi) is 11.0. The summed E-state index contributed by atoms with van der Waals surface area (Å²) in [7, 11) is 0. The number of hydrogen-bond acceptors (Lipinski definition) is 7. The first-order chi connectivity index (χ1) is 22.6. The maximum absolute atomic E-state index is 13.5. The van der Waals surface area contributed by atoms with Gasteiger partial charge in [0.1, 0.15) is 16.8 Å². The number of thioether (sulfide) groups is 1. The van der Waals surface area contributed by atoms with Crippen molar-refractivity contribution < 1.29 is 19.2 Å². The van der Waals surface area contributed by atoms with Gasteiger partial charge in [-0.15, -0.1) is 23.1 Å². The number of anilines is 2. The van der Waals surface area contributed by atoms with Crippen molar-refractivity contribution in [3.8, 4) is 6.07 Å². The number of rotatable bonds is 9. The Hall–Kier alpha value is -4.60. The second-order valence-electron chi connectivity index (χ2n) is 10.4. The molecule has 47 heavy (non-hydrogen) atoms. The fraction of sp³-hybridized carbons (Fsp3) is 0.147. The molecular weight excluding hydrogens is 677 g/mol. The number of hydrogen-bond donors (Lipinski definition) is 3. The Bertz CT molecular complexity index is 1940. The molecule has 1 aliphatic rings. The number of carbonyl (C=O) groups is 4. The largest absolute Gasteiger partial charge is 0.337 e. The third-order valence-corrected chi connectivity index (χ3v) is 9.81. The van der Waals surface area contributed by atoms with E-state index in [1.807, 2.05) is 0 Å². The first-order valence-corrected chi connectivity index (χ1v) is 16.8. The van der Waals surface area contributed by atoms with Crippen LogP contribution in [0.4, 0.5) is 10.7 Å². The highest BCUT2D eigenvalue weighted by molar-refractivity contribution is 8.00. The van der Waals surface area contributed by atoms with Crippen LogP contribution < -0.4 is 16.0 Å². The fourth-order valence-electron chi connectivity index (χ4n) is 4.77. The van der Waals surface area contributed by atoms with Crippen LogP contribution in [0, 0.1) is 11.3 Å². The lowest BCUT2D eigenvalue weighted by Gasteiger charge is -2.25. The van der Waals surface area contributed by atoms with Crippen LogP contribution >= 0.6 is 46.3 Å². The number of nitrogens with one attached hydrogen (secondary N) is 3. The van der Waals surface area contributed by atoms with E-state index in [1.54, 1.807) is 71.6 Å². The predicted octanol–water partition coefficient (Wildman–Crippen LogP) is 6.97. The van der Waals surface area contributed by atoms with Crippen LogP contribution in [0.25, 0.3) is 6.08 Å². The van der Waals surface area contributed by atoms with Crippen molar-refractivity contribution >= 4 is 86.7 Å². The van der Waals surface area contributed by atoms with Gasteiger partial charge in [0.2, 0.25) is 11.8 Å². The van der Waals surface area contributed by atoms with Crippen LogP contribution in [-0.4, -0.2) is 40.8 Å². The van der Waals surface area contributed by atoms with Gasteiger partial charge < -0.3 is 20.9 Å². The lowest BCUT2D eigenvalue weighted by atomic mass is 10.0. The van der Waals surface area contributed by atoms with E-state index in [4.69, 9.17) is 23.2 Å². The van der Waals surface area contributed by atoms with E-state index in [0.717, 1.165) is 10.4 Å². The minimum Gasteiger partial charge on any atom is -0.337 e. The van der Waals surface area contributed by atoms with E-state index < -0.39 is 11.8 Å². The molecule has 4 aromatic rings. The van der Waals surface area contributed by atoms with Gasteiger partial charge in [0.25, 0.3) is 11.8 Å². The topological polar surface area (TPSA) is 131 Å². The summed E-state index contributed by atoms with van der Waals surface area (Å²) < 4.78 is 0. The van der Waals surface area contributed by atoms with E-state index in [1.165, 1.54) is 42.2 Å². The van der Waals surface area contributed by atoms with Gasteiger partial charge in [-0.2, -0.15) is 5.26 Å². The summed E-state index contributed by atoms with van der Waals surface area (Å²) in [5, 5.41) is 19.3. The summed E-state index contributed by atoms with van der Waals surface area (Å²) in [6.45, 7) is 2.48. The van der Waals surface area contributed by atoms with E-state index in [9.17, 15) is 24.4 Å². The average Bonchev–Trinajstić information content (AvgIpc) is 3.41. The molecule has 0 saturated heterocycles. The Morgan fingerprint density at radius 3 is 2.53 bits per heavy atom. The standard InChI is InChI=1S/C34H27Cl2N5O4S2/c1-20(42)41-13-12-26-27(17-37)34(47-30(26)18-41)40-31(43)19-46-25-9-5-8-24(16-25)38-33(45)29(14-22-10-11-23(35)15-28(22)36)39-32(44)21-6-3-2-4-7-21/h2-11,14-16H,12-13,18-19H2,1H3,(H,38,45)(H,39,44)(H,40,43)/b29-14+. The summed E-state index contributed by atoms with van der Waals surface area (Å²) in [6.07, 6.45) is 2.03. The Morgan fingerprint density at radius 1 is 1.02 bits per heavy atom. The van der Waals surface area contributed by atoms with Crippen molar-refractivity contribution in [2.45, 2.75) is 24.8 Å². The minimum atomic E-state index is -0.589. The predicted molar refractivity (Wildman–Crippen MR) is 187 cm³/mol. The number of benzene rings is 3. The number of nitriles is 1. The number of thiophene rings is 1. The molecule has 1 aliphatic heterocycles. The quantitative estimate of drug-likeness (QED) is 0.127. The van der Waals surface area contributed by atoms with Crippen LogP contribution in [0.1, 0.15) is 38.8 Å². The highest BCUT2D eigenvalue weighted by atomic mass is 35.5. The number of halogens is 2. The molecule has 3 N–H and O–H groups in total. The van der Waals surface area contributed by atoms with E-state index in [-0.39, 0.29) is 23.3 Å². The molecule has 0 radical (unpaired) electrons. The number of fused-ring (bicyclic) bond motifs is 1. The highest BCUT2D eigenvalue weighted by Gasteiger charge is 2.26. The molecule has 0 bridgehead atoms. The lowest BCUT2D eigenvalue weighted by Crippen LogP contribution is -2.33. The smallest absolute Gasteiger partial charge is 0.272 e. The Balaban J connectivity index is 1.26. The molecule has 4 amide bonds. The average molecular weight is 705 g/mol. The van der Waals surface area contributed by atoms with Crippen molar-refractivity contribution in [3.05, 3.63) is 116 Å². The second-order valence-corrected chi connectivity index (χ2v) is 13.4. The van der Waals surface area contributed by atoms with E-state index >= 15 is 0 Å². The maximum atomic E-state index is 13.5. The first kappa shape index (κ1) is 33.8. The van der Waals surface area contributed by atoms with Crippen molar-refractivity contribution in [1.82, 2.24) is 10.2 Å². The van der Waals surface area contributed by atoms with Crippen molar-refractivity contribution in [3.63, 3.8) is 0 Å². The SMILES string of the molecule is CC(=O)N1CCc2c(sc(NC(=O)CSc3cccc(NC(=O)/C(=C\c4ccc(Cl)cc4Cl)NC(=O)c4ccccc4)c3)c2C#N)C1. The highest BCUT2D eigenvalue weighted by Crippen LogP contribution is 2.37. The van der Waals surface area contributed by atoms with E-state index in [2.05, 4.69) is 22.0 Å². The summed E-state index contributed by atoms with van der Waals surface area (Å²) in [6, 6.07) is 22.4. The molecule has 2 heterocycles. The molecule has 0 aliphatic carbocycles. The maximum Gasteiger partial charge on any atom is 0.272 e. The van der Waals surface area contributed by atoms with Gasteiger partial charge in [0, 0.05) is 44.5 Å². The monoisotopic (exact) mass is 703 g/mol. The van der Waals surface area contributed by atoms with Gasteiger partial charge in [0.15, 0.2) is 0 Å². The zero-order chi connectivity index (χ0) is 33.5. The molecule has 0 atom stereocenters. The third-order valence-electron chi connectivity index (χ3n) is 7.12. The molecular formula is C34H27Cl2N5O4S2. The molecule has 3 aromatic carbocycles. The van der Waals surface area contributed by atoms with Gasteiger partial charge in [-0.05, 0) is 66.1 Å². The molecule has 0 spiro atoms. The molecule has 13 heteroatoms. The molecule has 238 valence electrons. The summed E-state index contributed by atoms with van der Waals surface area (Å²) in [5.41, 5.74) is 2.57. The number of carbonyl (C=O) groups excluding carboxylic acids is 4. The number of amides is 4. The van der Waals surface area contributed by atoms with Gasteiger partial charge >= 0.3 is 0 Å². The van der Waals surface area contributed by atoms with Gasteiger partial charge in [-0.25, -0.2) is 0 Å². The molecule has 5 rings (SSSR count). The van der Waals surface area contributed by atoms with Gasteiger partial charge in [-0.3, -0.25) is 19.2 Å². The van der Waals surface area contributed by atoms with Crippen LogP contribution in [-0.2, 0) is 27.3 Å². The zero-order valence-corrected chi connectivity index (χ0v) is 28.1. The number of nitrogens with zero attached hydrogens (tertiary/aromatic N) is 2. The Morgan fingerprint density at radius 2 is 1.81 bits per heavy atom. The van der Waals surface area contributed by atoms with Crippen LogP contribution in [0.3, 0.4) is 0 Å².